The summed E-state index contributed by atoms with van der Waals surface area (Å²) in [5.74, 6) is 1.31. The van der Waals surface area contributed by atoms with Gasteiger partial charge >= 0.3 is 0 Å². The molecule has 7 saturated heterocycles. The van der Waals surface area contributed by atoms with Crippen LogP contribution in [0.2, 0.25) is 0 Å². The lowest BCUT2D eigenvalue weighted by Gasteiger charge is -2.34. The van der Waals surface area contributed by atoms with Crippen LogP contribution in [0.25, 0.3) is 75.4 Å². The predicted molar refractivity (Wildman–Crippen MR) is 588 cm³/mol. The van der Waals surface area contributed by atoms with Crippen LogP contribution in [-0.4, -0.2) is 287 Å². The minimum atomic E-state index is -0.430. The SMILES string of the molecule is Cc1cccc2c(=O)[nH]c(CC(O)CN3CCCC3)cc12.Cc1cccc2c(=O)[nH]c(CCN3CCC[C@H]3CO)cc12.O=c1[nH]c(C2CCN(CCCCO)CC2)cc2ccccc12.O=c1[nH]c(C2CCN(CCCO)CC2)cc2ccccc12.O=c1[nH]c(C2CCN(CCO)CC2)cc2ccccc12.O=c1[nH]c(CC(O)CN2CCCC2)cc2ccccc12.O=c1[nH]c(CCN2CCCCC2CO)cc2ccccc12. The molecule has 0 amide bonds. The number of aromatic amines is 7. The molecule has 0 spiro atoms. The molecule has 0 radical (unpaired) electrons. The number of nitrogens with zero attached hydrogens (tertiary/aromatic N) is 7. The molecule has 14 heterocycles. The largest absolute Gasteiger partial charge is 0.396 e. The standard InChI is InChI=1S/C18H24N2O2.4C17H22N2O2.2C16H20N2O2/c21-12-4-3-9-20-10-7-14(8-11-20)17-13-15-5-1-2-6-16(15)18(22)19-17;1-12-4-2-6-15-16(12)10-13(18-17(15)21)7-9-19-8-3-5-14(19)11-20;1-12-5-4-6-15-16(12)10-13(18-17(15)21)9-14(20)11-19-7-2-3-8-19;20-12-15-6-3-4-9-19(15)10-8-14-11-13-5-1-2-7-16(13)17(21)18-14;20-11-3-8-19-9-6-13(7-10-19)16-12-14-4-1-2-5-15(14)17(21)18-16;19-14(11-18-7-3-4-8-18)10-13-9-12-5-1-2-6-15(12)16(20)17-13;19-10-9-18-7-5-12(6-8-18)15-11-13-3-1-2-4-14(13)16(20)17-15/h1-2,5-6,13-14,21H,3-4,7-12H2,(H,19,22);2,4,6,10,14,20H,3,5,7-9,11H2,1H3,(H,18,21);4-6,10,14,20H,2-3,7-9,11H2,1H3,(H,18,21);1-2,5,7,11,15,20H,3-4,6,8-10,12H2,(H,18,21);1-2,4-5,12-13,20H,3,6-11H2,(H,18,21);1-2,5-6,9,14,19H,3-4,7-8,10-11H2,(H,17,20);1-4,11-12,19H,5-10H2,(H,17,20)/t;14-;;;;;/m.0...../s1. The first kappa shape index (κ1) is 109. The number of hydrogen-bond acceptors (Lipinski definition) is 21. The molecule has 0 aliphatic carbocycles. The highest BCUT2D eigenvalue weighted by molar-refractivity contribution is 5.88. The van der Waals surface area contributed by atoms with Gasteiger partial charge in [0, 0.05) is 186 Å². The zero-order valence-electron chi connectivity index (χ0n) is 85.2. The van der Waals surface area contributed by atoms with Crippen molar-refractivity contribution in [3.63, 3.8) is 0 Å². The fourth-order valence-corrected chi connectivity index (χ4v) is 22.3. The van der Waals surface area contributed by atoms with Gasteiger partial charge < -0.3 is 95.1 Å². The Balaban J connectivity index is 0.000000128. The zero-order chi connectivity index (χ0) is 102. The molecule has 146 heavy (non-hydrogen) atoms. The van der Waals surface area contributed by atoms with Gasteiger partial charge in [-0.1, -0.05) is 122 Å². The maximum absolute atomic E-state index is 12.2. The molecule has 7 aromatic heterocycles. The van der Waals surface area contributed by atoms with Crippen molar-refractivity contribution in [1.29, 1.82) is 0 Å². The van der Waals surface area contributed by atoms with E-state index in [-0.39, 0.29) is 78.0 Å². The monoisotopic (exact) mass is 1990 g/mol. The summed E-state index contributed by atoms with van der Waals surface area (Å²) in [6, 6.07) is 65.1. The van der Waals surface area contributed by atoms with Crippen molar-refractivity contribution < 1.29 is 35.7 Å². The highest BCUT2D eigenvalue weighted by Crippen LogP contribution is 2.33. The molecule has 4 atom stereocenters. The molecule has 28 nitrogen and oxygen atoms in total. The Labute approximate surface area is 853 Å². The third kappa shape index (κ3) is 30.4. The van der Waals surface area contributed by atoms with Crippen LogP contribution in [0.15, 0.2) is 234 Å². The fraction of sp³-hybridized carbons (Fsp3) is 0.466. The van der Waals surface area contributed by atoms with Gasteiger partial charge in [0.25, 0.3) is 38.9 Å². The summed E-state index contributed by atoms with van der Waals surface area (Å²) in [4.78, 5) is 122. The van der Waals surface area contributed by atoms with Crippen LogP contribution < -0.4 is 38.9 Å². The van der Waals surface area contributed by atoms with E-state index in [4.69, 9.17) is 15.3 Å². The Hall–Kier alpha value is -11.6. The molecular weight excluding hydrogens is 1840 g/mol. The number of likely N-dealkylation sites (tertiary alicyclic amines) is 7. The third-order valence-electron chi connectivity index (χ3n) is 30.5. The van der Waals surface area contributed by atoms with Crippen molar-refractivity contribution in [3.05, 3.63) is 324 Å². The summed E-state index contributed by atoms with van der Waals surface area (Å²) >= 11 is 0. The second-order valence-electron chi connectivity index (χ2n) is 40.9. The van der Waals surface area contributed by atoms with E-state index in [0.29, 0.717) is 60.5 Å². The lowest BCUT2D eigenvalue weighted by atomic mass is 9.92. The number of pyridine rings is 7. The van der Waals surface area contributed by atoms with Crippen LogP contribution in [0, 0.1) is 13.8 Å². The number of aliphatic hydroxyl groups is 7. The fourth-order valence-electron chi connectivity index (χ4n) is 22.3. The van der Waals surface area contributed by atoms with Crippen LogP contribution in [0.5, 0.6) is 0 Å². The van der Waals surface area contributed by atoms with Crippen molar-refractivity contribution in [2.45, 2.75) is 197 Å². The Morgan fingerprint density at radius 1 is 0.274 bits per heavy atom. The topological polar surface area (TPSA) is 394 Å². The number of unbranched alkanes of at least 4 members (excludes halogenated alkanes) is 1. The Morgan fingerprint density at radius 2 is 0.582 bits per heavy atom. The van der Waals surface area contributed by atoms with E-state index in [1.807, 2.05) is 184 Å². The van der Waals surface area contributed by atoms with Crippen LogP contribution in [-0.2, 0) is 25.7 Å². The maximum Gasteiger partial charge on any atom is 0.256 e. The summed E-state index contributed by atoms with van der Waals surface area (Å²) in [5.41, 5.74) is 8.89. The molecule has 7 aliphatic rings. The molecule has 7 fully saturated rings. The molecule has 21 rings (SSSR count). The van der Waals surface area contributed by atoms with E-state index >= 15 is 0 Å². The van der Waals surface area contributed by atoms with Gasteiger partial charge in [-0.2, -0.15) is 0 Å². The number of fused-ring (bicyclic) bond motifs is 7. The number of benzene rings is 7. The van der Waals surface area contributed by atoms with E-state index in [1.165, 1.54) is 38.5 Å². The van der Waals surface area contributed by atoms with E-state index < -0.39 is 12.2 Å². The van der Waals surface area contributed by atoms with E-state index in [2.05, 4.69) is 99.5 Å². The highest BCUT2D eigenvalue weighted by atomic mass is 16.3. The minimum absolute atomic E-state index is 0.00803. The van der Waals surface area contributed by atoms with Crippen molar-refractivity contribution >= 4 is 75.4 Å². The van der Waals surface area contributed by atoms with Gasteiger partial charge in [-0.3, -0.25) is 43.4 Å². The van der Waals surface area contributed by atoms with Crippen LogP contribution in [0.3, 0.4) is 0 Å². The van der Waals surface area contributed by atoms with E-state index in [9.17, 15) is 54.0 Å². The first-order chi connectivity index (χ1) is 71.1. The predicted octanol–water partition coefficient (Wildman–Crippen LogP) is 13.4. The molecule has 3 unspecified atom stereocenters. The number of aryl methyl sites for hydroxylation is 2. The van der Waals surface area contributed by atoms with Crippen molar-refractivity contribution in [2.24, 2.45) is 0 Å². The molecule has 14 aromatic rings. The van der Waals surface area contributed by atoms with Crippen molar-refractivity contribution in [2.75, 3.05) is 157 Å². The van der Waals surface area contributed by atoms with Crippen LogP contribution in [0.4, 0.5) is 0 Å². The van der Waals surface area contributed by atoms with Gasteiger partial charge in [-0.05, 0) is 342 Å². The number of rotatable bonds is 28. The maximum atomic E-state index is 12.2. The summed E-state index contributed by atoms with van der Waals surface area (Å²) in [6.45, 7) is 23.8. The second kappa shape index (κ2) is 54.9. The van der Waals surface area contributed by atoms with Gasteiger partial charge in [0.1, 0.15) is 0 Å². The number of β-amino-alcohol motifs (C(OH)–C–C–N with tert-alkyl or cyclic N) is 3. The second-order valence-corrected chi connectivity index (χ2v) is 40.9. The molecule has 0 bridgehead atoms. The summed E-state index contributed by atoms with van der Waals surface area (Å²) in [6.07, 6.45) is 21.5. The molecule has 7 aromatic carbocycles. The van der Waals surface area contributed by atoms with E-state index in [0.717, 1.165) is 317 Å². The molecule has 778 valence electrons. The van der Waals surface area contributed by atoms with Crippen LogP contribution in [0.1, 0.15) is 184 Å². The number of hydrogen-bond donors (Lipinski definition) is 14. The Kier molecular flexibility index (Phi) is 40.9. The first-order valence-electron chi connectivity index (χ1n) is 53.5. The lowest BCUT2D eigenvalue weighted by Crippen LogP contribution is -2.42. The normalized spacial score (nSPS) is 18.1. The molecule has 0 saturated carbocycles. The number of aromatic nitrogens is 7. The van der Waals surface area contributed by atoms with Crippen molar-refractivity contribution in [3.8, 4) is 0 Å². The van der Waals surface area contributed by atoms with Gasteiger partial charge in [0.05, 0.1) is 32.0 Å². The molecule has 28 heteroatoms. The average Bonchev–Trinajstić information content (AvgIpc) is 0.855. The van der Waals surface area contributed by atoms with Crippen LogP contribution >= 0.6 is 0 Å². The first-order valence-corrected chi connectivity index (χ1v) is 53.5. The zero-order valence-corrected chi connectivity index (χ0v) is 85.2. The quantitative estimate of drug-likeness (QED) is 0.0203. The average molecular weight is 1990 g/mol. The number of H-pyrrole nitrogens is 7. The van der Waals surface area contributed by atoms with Gasteiger partial charge in [0.15, 0.2) is 0 Å². The number of piperidine rings is 4. The van der Waals surface area contributed by atoms with Gasteiger partial charge in [0.2, 0.25) is 0 Å². The molecule has 7 aliphatic heterocycles. The number of aliphatic hydroxyl groups excluding tert-OH is 7. The van der Waals surface area contributed by atoms with Crippen molar-refractivity contribution in [1.82, 2.24) is 69.2 Å². The summed E-state index contributed by atoms with van der Waals surface area (Å²) in [7, 11) is 0. The van der Waals surface area contributed by atoms with Gasteiger partial charge in [-0.15, -0.1) is 0 Å². The van der Waals surface area contributed by atoms with Gasteiger partial charge in [-0.25, -0.2) is 0 Å². The number of nitrogens with one attached hydrogen (secondary N) is 7. The lowest BCUT2D eigenvalue weighted by molar-refractivity contribution is 0.0911. The smallest absolute Gasteiger partial charge is 0.256 e. The minimum Gasteiger partial charge on any atom is -0.396 e. The molecule has 14 N–H and O–H groups in total. The Bertz CT molecular complexity index is 6980. The summed E-state index contributed by atoms with van der Waals surface area (Å²) in [5, 5.41) is 78.1. The molecular formula is C118H152N14O14. The third-order valence-corrected chi connectivity index (χ3v) is 30.5. The Morgan fingerprint density at radius 3 is 0.973 bits per heavy atom. The van der Waals surface area contributed by atoms with E-state index in [1.54, 1.807) is 0 Å². The summed E-state index contributed by atoms with van der Waals surface area (Å²) < 4.78 is 0. The highest BCUT2D eigenvalue weighted by Gasteiger charge is 2.29.